The monoisotopic (exact) mass is 411 g/mol. The summed E-state index contributed by atoms with van der Waals surface area (Å²) in [5.74, 6) is 0.438. The van der Waals surface area contributed by atoms with Gasteiger partial charge in [-0.2, -0.15) is 5.10 Å². The zero-order valence-electron chi connectivity index (χ0n) is 16.3. The van der Waals surface area contributed by atoms with Crippen LogP contribution in [0.4, 0.5) is 0 Å². The van der Waals surface area contributed by atoms with Crippen LogP contribution in [0, 0.1) is 0 Å². The van der Waals surface area contributed by atoms with Crippen LogP contribution in [0.25, 0.3) is 11.3 Å². The molecule has 150 valence electrons. The summed E-state index contributed by atoms with van der Waals surface area (Å²) in [6, 6.07) is 17.7. The second kappa shape index (κ2) is 9.39. The SMILES string of the molecule is CC(C)Oc1ccc(-c2ccc(=O)n(CC(=O)NCc3ccccc3Cl)n2)cc1. The average Bonchev–Trinajstić information content (AvgIpc) is 2.69. The number of amides is 1. The second-order valence-corrected chi connectivity index (χ2v) is 7.18. The van der Waals surface area contributed by atoms with Crippen LogP contribution in [0.2, 0.25) is 5.02 Å². The first-order chi connectivity index (χ1) is 13.9. The maximum absolute atomic E-state index is 12.3. The maximum Gasteiger partial charge on any atom is 0.267 e. The smallest absolute Gasteiger partial charge is 0.267 e. The van der Waals surface area contributed by atoms with Crippen LogP contribution in [0.15, 0.2) is 65.5 Å². The fourth-order valence-corrected chi connectivity index (χ4v) is 2.92. The van der Waals surface area contributed by atoms with Crippen LogP contribution in [0.3, 0.4) is 0 Å². The van der Waals surface area contributed by atoms with E-state index in [9.17, 15) is 9.59 Å². The van der Waals surface area contributed by atoms with Crippen molar-refractivity contribution in [2.45, 2.75) is 33.0 Å². The van der Waals surface area contributed by atoms with Crippen molar-refractivity contribution in [3.05, 3.63) is 81.6 Å². The summed E-state index contributed by atoms with van der Waals surface area (Å²) >= 11 is 6.09. The number of aromatic nitrogens is 2. The van der Waals surface area contributed by atoms with Gasteiger partial charge < -0.3 is 10.1 Å². The first-order valence-corrected chi connectivity index (χ1v) is 9.65. The van der Waals surface area contributed by atoms with Crippen molar-refractivity contribution in [3.8, 4) is 17.0 Å². The topological polar surface area (TPSA) is 73.2 Å². The third kappa shape index (κ3) is 5.68. The lowest BCUT2D eigenvalue weighted by molar-refractivity contribution is -0.122. The molecule has 3 rings (SSSR count). The molecular formula is C22H22ClN3O3. The van der Waals surface area contributed by atoms with Crippen molar-refractivity contribution in [3.63, 3.8) is 0 Å². The summed E-state index contributed by atoms with van der Waals surface area (Å²) in [7, 11) is 0. The highest BCUT2D eigenvalue weighted by Gasteiger charge is 2.09. The number of hydrogen-bond acceptors (Lipinski definition) is 4. The number of carbonyl (C=O) groups excluding carboxylic acids is 1. The Balaban J connectivity index is 1.69. The minimum Gasteiger partial charge on any atom is -0.491 e. The van der Waals surface area contributed by atoms with Crippen molar-refractivity contribution in [2.75, 3.05) is 0 Å². The molecule has 0 atom stereocenters. The minimum absolute atomic E-state index is 0.0881. The highest BCUT2D eigenvalue weighted by molar-refractivity contribution is 6.31. The molecule has 0 aliphatic heterocycles. The zero-order chi connectivity index (χ0) is 20.8. The van der Waals surface area contributed by atoms with Crippen molar-refractivity contribution in [1.29, 1.82) is 0 Å². The first kappa shape index (κ1) is 20.6. The third-order valence-corrected chi connectivity index (χ3v) is 4.48. The molecule has 6 nitrogen and oxygen atoms in total. The quantitative estimate of drug-likeness (QED) is 0.643. The molecule has 0 aliphatic rings. The van der Waals surface area contributed by atoms with Crippen molar-refractivity contribution >= 4 is 17.5 Å². The zero-order valence-corrected chi connectivity index (χ0v) is 17.0. The van der Waals surface area contributed by atoms with Gasteiger partial charge in [0.25, 0.3) is 5.56 Å². The van der Waals surface area contributed by atoms with Gasteiger partial charge in [-0.1, -0.05) is 29.8 Å². The molecule has 1 heterocycles. The highest BCUT2D eigenvalue weighted by atomic mass is 35.5. The Morgan fingerprint density at radius 3 is 2.52 bits per heavy atom. The molecule has 1 N–H and O–H groups in total. The van der Waals surface area contributed by atoms with Gasteiger partial charge in [-0.3, -0.25) is 9.59 Å². The lowest BCUT2D eigenvalue weighted by atomic mass is 10.1. The van der Waals surface area contributed by atoms with E-state index in [1.165, 1.54) is 6.07 Å². The van der Waals surface area contributed by atoms with E-state index < -0.39 is 0 Å². The van der Waals surface area contributed by atoms with Crippen molar-refractivity contribution in [2.24, 2.45) is 0 Å². The summed E-state index contributed by atoms with van der Waals surface area (Å²) in [6.45, 7) is 4.03. The fourth-order valence-electron chi connectivity index (χ4n) is 2.72. The fraction of sp³-hybridized carbons (Fsp3) is 0.227. The van der Waals surface area contributed by atoms with Crippen LogP contribution in [-0.4, -0.2) is 21.8 Å². The number of ether oxygens (including phenoxy) is 1. The van der Waals surface area contributed by atoms with E-state index in [4.69, 9.17) is 16.3 Å². The average molecular weight is 412 g/mol. The van der Waals surface area contributed by atoms with Gasteiger partial charge in [0.2, 0.25) is 5.91 Å². The van der Waals surface area contributed by atoms with Crippen LogP contribution in [0.1, 0.15) is 19.4 Å². The van der Waals surface area contributed by atoms with Crippen LogP contribution >= 0.6 is 11.6 Å². The molecule has 0 bridgehead atoms. The summed E-state index contributed by atoms with van der Waals surface area (Å²) in [6.07, 6.45) is 0.0881. The summed E-state index contributed by atoms with van der Waals surface area (Å²) in [5, 5.41) is 7.66. The van der Waals surface area contributed by atoms with Gasteiger partial charge in [0.15, 0.2) is 0 Å². The molecule has 1 amide bonds. The van der Waals surface area contributed by atoms with Gasteiger partial charge in [0.05, 0.1) is 11.8 Å². The van der Waals surface area contributed by atoms with Gasteiger partial charge in [0.1, 0.15) is 12.3 Å². The van der Waals surface area contributed by atoms with E-state index in [0.29, 0.717) is 10.7 Å². The number of benzene rings is 2. The molecule has 2 aromatic carbocycles. The Bertz CT molecular complexity index is 1050. The van der Waals surface area contributed by atoms with E-state index in [0.717, 1.165) is 21.6 Å². The number of nitrogens with zero attached hydrogens (tertiary/aromatic N) is 2. The molecule has 0 spiro atoms. The molecule has 1 aromatic heterocycles. The summed E-state index contributed by atoms with van der Waals surface area (Å²) in [4.78, 5) is 24.4. The second-order valence-electron chi connectivity index (χ2n) is 6.77. The molecule has 29 heavy (non-hydrogen) atoms. The molecule has 0 fully saturated rings. The molecule has 7 heteroatoms. The molecule has 0 saturated carbocycles. The summed E-state index contributed by atoms with van der Waals surface area (Å²) < 4.78 is 6.78. The maximum atomic E-state index is 12.3. The lowest BCUT2D eigenvalue weighted by Crippen LogP contribution is -2.33. The van der Waals surface area contributed by atoms with Gasteiger partial charge in [-0.15, -0.1) is 0 Å². The predicted octanol–water partition coefficient (Wildman–Crippen LogP) is 3.67. The normalized spacial score (nSPS) is 10.8. The largest absolute Gasteiger partial charge is 0.491 e. The van der Waals surface area contributed by atoms with Crippen molar-refractivity contribution < 1.29 is 9.53 Å². The predicted molar refractivity (Wildman–Crippen MR) is 113 cm³/mol. The number of nitrogens with one attached hydrogen (secondary N) is 1. The molecule has 0 unspecified atom stereocenters. The Morgan fingerprint density at radius 2 is 1.83 bits per heavy atom. The molecule has 0 saturated heterocycles. The Morgan fingerprint density at radius 1 is 1.10 bits per heavy atom. The summed E-state index contributed by atoms with van der Waals surface area (Å²) in [5.41, 5.74) is 1.88. The Labute approximate surface area is 174 Å². The van der Waals surface area contributed by atoms with E-state index in [-0.39, 0.29) is 30.7 Å². The lowest BCUT2D eigenvalue weighted by Gasteiger charge is -2.11. The van der Waals surface area contributed by atoms with E-state index in [2.05, 4.69) is 10.4 Å². The minimum atomic E-state index is -0.346. The molecule has 0 radical (unpaired) electrons. The first-order valence-electron chi connectivity index (χ1n) is 9.28. The van der Waals surface area contributed by atoms with Gasteiger partial charge in [-0.25, -0.2) is 4.68 Å². The standard InChI is InChI=1S/C22H22ClN3O3/c1-15(2)29-18-9-7-16(8-10-18)20-11-12-22(28)26(25-20)14-21(27)24-13-17-5-3-4-6-19(17)23/h3-12,15H,13-14H2,1-2H3,(H,24,27). The van der Waals surface area contributed by atoms with E-state index in [1.807, 2.05) is 56.3 Å². The van der Waals surface area contributed by atoms with Gasteiger partial charge >= 0.3 is 0 Å². The third-order valence-electron chi connectivity index (χ3n) is 4.12. The van der Waals surface area contributed by atoms with Crippen LogP contribution in [0.5, 0.6) is 5.75 Å². The van der Waals surface area contributed by atoms with Crippen molar-refractivity contribution in [1.82, 2.24) is 15.1 Å². The Hall–Kier alpha value is -3.12. The number of rotatable bonds is 7. The number of carbonyl (C=O) groups is 1. The van der Waals surface area contributed by atoms with Gasteiger partial charge in [0, 0.05) is 23.2 Å². The van der Waals surface area contributed by atoms with E-state index in [1.54, 1.807) is 12.1 Å². The van der Waals surface area contributed by atoms with Crippen LogP contribution < -0.4 is 15.6 Å². The number of hydrogen-bond donors (Lipinski definition) is 1. The molecular weight excluding hydrogens is 390 g/mol. The van der Waals surface area contributed by atoms with Crippen LogP contribution in [-0.2, 0) is 17.9 Å². The van der Waals surface area contributed by atoms with Gasteiger partial charge in [-0.05, 0) is 55.8 Å². The molecule has 3 aromatic rings. The number of halogens is 1. The molecule has 0 aliphatic carbocycles. The Kier molecular flexibility index (Phi) is 6.67. The highest BCUT2D eigenvalue weighted by Crippen LogP contribution is 2.20. The van der Waals surface area contributed by atoms with E-state index >= 15 is 0 Å².